The second-order valence-corrected chi connectivity index (χ2v) is 3.67. The molecule has 0 aliphatic carbocycles. The normalized spacial score (nSPS) is 14.9. The molecule has 2 rings (SSSR count). The number of nitrogens with one attached hydrogen (secondary N) is 1. The molecule has 0 saturated heterocycles. The Morgan fingerprint density at radius 2 is 1.79 bits per heavy atom. The van der Waals surface area contributed by atoms with Crippen molar-refractivity contribution in [2.45, 2.75) is 0 Å². The number of rotatable bonds is 1. The lowest BCUT2D eigenvalue weighted by atomic mass is 10.1. The van der Waals surface area contributed by atoms with Crippen LogP contribution in [-0.2, 0) is 0 Å². The molecule has 71 valence electrons. The highest BCUT2D eigenvalue weighted by Crippen LogP contribution is 2.25. The van der Waals surface area contributed by atoms with E-state index in [4.69, 9.17) is 23.2 Å². The van der Waals surface area contributed by atoms with Gasteiger partial charge in [0.1, 0.15) is 0 Å². The topological polar surface area (TPSA) is 24.4 Å². The number of benzene rings is 1. The maximum absolute atomic E-state index is 5.88. The third kappa shape index (κ3) is 2.08. The van der Waals surface area contributed by atoms with E-state index in [1.54, 1.807) is 18.9 Å². The van der Waals surface area contributed by atoms with Crippen molar-refractivity contribution in [2.75, 3.05) is 0 Å². The Hall–Kier alpha value is -0.990. The van der Waals surface area contributed by atoms with Crippen molar-refractivity contribution in [3.63, 3.8) is 0 Å². The van der Waals surface area contributed by atoms with E-state index in [1.807, 2.05) is 18.2 Å². The minimum Gasteiger partial charge on any atom is -0.367 e. The Balaban J connectivity index is 2.40. The molecular formula is C10H7Cl2N2. The number of aliphatic imine (C=N–C) groups is 1. The van der Waals surface area contributed by atoms with Crippen LogP contribution >= 0.6 is 23.2 Å². The van der Waals surface area contributed by atoms with Gasteiger partial charge >= 0.3 is 0 Å². The molecule has 0 atom stereocenters. The van der Waals surface area contributed by atoms with Gasteiger partial charge in [-0.05, 0) is 24.3 Å². The van der Waals surface area contributed by atoms with Crippen LogP contribution in [0.25, 0.3) is 5.70 Å². The van der Waals surface area contributed by atoms with Gasteiger partial charge in [0.25, 0.3) is 0 Å². The van der Waals surface area contributed by atoms with Crippen molar-refractivity contribution >= 4 is 35.2 Å². The SMILES string of the molecule is Clc1cc(Cl)cc(C2=C[CH]NC=N2)c1. The minimum absolute atomic E-state index is 0.613. The Kier molecular flexibility index (Phi) is 2.75. The molecule has 0 saturated carbocycles. The molecule has 1 radical (unpaired) electrons. The first-order chi connectivity index (χ1) is 6.75. The number of halogens is 2. The third-order valence-corrected chi connectivity index (χ3v) is 2.21. The highest BCUT2D eigenvalue weighted by atomic mass is 35.5. The van der Waals surface area contributed by atoms with Crippen LogP contribution in [0, 0.1) is 6.54 Å². The van der Waals surface area contributed by atoms with Crippen LogP contribution in [0.2, 0.25) is 10.0 Å². The van der Waals surface area contributed by atoms with Gasteiger partial charge in [0, 0.05) is 15.6 Å². The molecule has 2 nitrogen and oxygen atoms in total. The third-order valence-electron chi connectivity index (χ3n) is 1.77. The van der Waals surface area contributed by atoms with E-state index in [0.717, 1.165) is 11.3 Å². The number of nitrogens with zero attached hydrogens (tertiary/aromatic N) is 1. The Morgan fingerprint density at radius 3 is 2.36 bits per heavy atom. The van der Waals surface area contributed by atoms with Gasteiger partial charge in [0.2, 0.25) is 0 Å². The predicted molar refractivity (Wildman–Crippen MR) is 60.4 cm³/mol. The smallest absolute Gasteiger partial charge is 0.0891 e. The molecule has 0 amide bonds. The maximum atomic E-state index is 5.88. The van der Waals surface area contributed by atoms with Gasteiger partial charge in [0.15, 0.2) is 0 Å². The molecule has 1 aromatic carbocycles. The lowest BCUT2D eigenvalue weighted by Gasteiger charge is -2.08. The van der Waals surface area contributed by atoms with E-state index in [2.05, 4.69) is 10.3 Å². The van der Waals surface area contributed by atoms with Crippen molar-refractivity contribution in [1.82, 2.24) is 5.32 Å². The second-order valence-electron chi connectivity index (χ2n) is 2.80. The van der Waals surface area contributed by atoms with Gasteiger partial charge < -0.3 is 5.32 Å². The van der Waals surface area contributed by atoms with Gasteiger partial charge in [-0.2, -0.15) is 0 Å². The summed E-state index contributed by atoms with van der Waals surface area (Å²) in [5, 5.41) is 4.08. The zero-order chi connectivity index (χ0) is 9.97. The Morgan fingerprint density at radius 1 is 1.07 bits per heavy atom. The molecule has 14 heavy (non-hydrogen) atoms. The first kappa shape index (κ1) is 9.56. The van der Waals surface area contributed by atoms with Crippen molar-refractivity contribution in [2.24, 2.45) is 4.99 Å². The molecule has 1 aliphatic rings. The first-order valence-corrected chi connectivity index (χ1v) is 4.80. The fourth-order valence-electron chi connectivity index (χ4n) is 1.19. The monoisotopic (exact) mass is 225 g/mol. The highest BCUT2D eigenvalue weighted by Gasteiger charge is 2.04. The van der Waals surface area contributed by atoms with Crippen LogP contribution in [0.1, 0.15) is 5.56 Å². The standard InChI is InChI=1S/C10H7Cl2N2/c11-8-3-7(4-9(12)5-8)10-1-2-13-6-14-10/h1-6H,(H,13,14). The average molecular weight is 226 g/mol. The summed E-state index contributed by atoms with van der Waals surface area (Å²) in [7, 11) is 0. The molecule has 1 aliphatic heterocycles. The van der Waals surface area contributed by atoms with E-state index in [9.17, 15) is 0 Å². The summed E-state index contributed by atoms with van der Waals surface area (Å²) in [6, 6.07) is 5.35. The van der Waals surface area contributed by atoms with Gasteiger partial charge in [-0.1, -0.05) is 23.2 Å². The maximum Gasteiger partial charge on any atom is 0.0891 e. The van der Waals surface area contributed by atoms with Crippen LogP contribution in [0.4, 0.5) is 0 Å². The van der Waals surface area contributed by atoms with Crippen molar-refractivity contribution in [3.8, 4) is 0 Å². The van der Waals surface area contributed by atoms with Crippen LogP contribution < -0.4 is 5.32 Å². The number of hydrogen-bond acceptors (Lipinski definition) is 2. The van der Waals surface area contributed by atoms with Crippen LogP contribution in [0.15, 0.2) is 29.3 Å². The van der Waals surface area contributed by atoms with Gasteiger partial charge in [-0.15, -0.1) is 0 Å². The summed E-state index contributed by atoms with van der Waals surface area (Å²) in [5.41, 5.74) is 1.75. The van der Waals surface area contributed by atoms with Crippen LogP contribution in [0.3, 0.4) is 0 Å². The van der Waals surface area contributed by atoms with E-state index >= 15 is 0 Å². The largest absolute Gasteiger partial charge is 0.367 e. The zero-order valence-corrected chi connectivity index (χ0v) is 8.68. The summed E-state index contributed by atoms with van der Waals surface area (Å²) in [5.74, 6) is 0. The lowest BCUT2D eigenvalue weighted by molar-refractivity contribution is 1.18. The molecule has 0 fully saturated rings. The van der Waals surface area contributed by atoms with Gasteiger partial charge in [-0.3, -0.25) is 0 Å². The molecule has 0 unspecified atom stereocenters. The Labute approximate surface area is 92.2 Å². The molecule has 1 heterocycles. The molecular weight excluding hydrogens is 219 g/mol. The fourth-order valence-corrected chi connectivity index (χ4v) is 1.72. The summed E-state index contributed by atoms with van der Waals surface area (Å²) in [6.45, 7) is 1.80. The van der Waals surface area contributed by atoms with Crippen molar-refractivity contribution in [3.05, 3.63) is 46.4 Å². The van der Waals surface area contributed by atoms with E-state index in [1.165, 1.54) is 0 Å². The molecule has 0 aromatic heterocycles. The summed E-state index contributed by atoms with van der Waals surface area (Å²) in [4.78, 5) is 4.16. The lowest BCUT2D eigenvalue weighted by Crippen LogP contribution is -2.08. The molecule has 1 N–H and O–H groups in total. The van der Waals surface area contributed by atoms with E-state index in [0.29, 0.717) is 10.0 Å². The predicted octanol–water partition coefficient (Wildman–Crippen LogP) is 3.13. The molecule has 4 heteroatoms. The highest BCUT2D eigenvalue weighted by molar-refractivity contribution is 6.34. The van der Waals surface area contributed by atoms with Crippen LogP contribution in [-0.4, -0.2) is 6.34 Å². The van der Waals surface area contributed by atoms with Crippen molar-refractivity contribution < 1.29 is 0 Å². The Bertz CT molecular complexity index is 390. The molecule has 0 spiro atoms. The van der Waals surface area contributed by atoms with E-state index < -0.39 is 0 Å². The summed E-state index contributed by atoms with van der Waals surface area (Å²) < 4.78 is 0. The second kappa shape index (κ2) is 4.03. The average Bonchev–Trinajstić information content (AvgIpc) is 2.18. The summed E-state index contributed by atoms with van der Waals surface area (Å²) in [6.07, 6.45) is 3.48. The van der Waals surface area contributed by atoms with Gasteiger partial charge in [-0.25, -0.2) is 4.99 Å². The van der Waals surface area contributed by atoms with Crippen LogP contribution in [0.5, 0.6) is 0 Å². The molecule has 0 bridgehead atoms. The van der Waals surface area contributed by atoms with Crippen molar-refractivity contribution in [1.29, 1.82) is 0 Å². The zero-order valence-electron chi connectivity index (χ0n) is 7.17. The quantitative estimate of drug-likeness (QED) is 0.781. The first-order valence-electron chi connectivity index (χ1n) is 4.04. The minimum atomic E-state index is 0.613. The summed E-state index contributed by atoms with van der Waals surface area (Å²) >= 11 is 11.8. The van der Waals surface area contributed by atoms with Gasteiger partial charge in [0.05, 0.1) is 18.6 Å². The fraction of sp³-hybridized carbons (Fsp3) is 0. The number of hydrogen-bond donors (Lipinski definition) is 1. The molecule has 1 aromatic rings. The van der Waals surface area contributed by atoms with E-state index in [-0.39, 0.29) is 0 Å².